The first kappa shape index (κ1) is 23.1. The standard InChI is InChI=1S/C30H34NO3/c1-29(2)18-24(19-30(3,4)31(29)33)34-26(32)11-6-5-8-20-12-13-23-15-14-21-9-7-10-22-16-17-25(20)28(23)27(21)22/h7,9-10,12-17,24H,5-6,8,11,18-19H2,1-4H3/q-1. The molecule has 0 aliphatic carbocycles. The minimum atomic E-state index is -0.526. The summed E-state index contributed by atoms with van der Waals surface area (Å²) in [6.07, 6.45) is 4.06. The Morgan fingerprint density at radius 2 is 1.47 bits per heavy atom. The molecule has 0 amide bonds. The zero-order chi connectivity index (χ0) is 24.1. The average Bonchev–Trinajstić information content (AvgIpc) is 2.79. The van der Waals surface area contributed by atoms with E-state index in [1.54, 1.807) is 0 Å². The maximum absolute atomic E-state index is 12.6. The average molecular weight is 457 g/mol. The Kier molecular flexibility index (Phi) is 5.78. The topological polar surface area (TPSA) is 52.6 Å². The third-order valence-corrected chi connectivity index (χ3v) is 7.55. The molecule has 0 unspecified atom stereocenters. The van der Waals surface area contributed by atoms with Gasteiger partial charge in [-0.05, 0) is 84.8 Å². The van der Waals surface area contributed by atoms with E-state index in [9.17, 15) is 10.0 Å². The van der Waals surface area contributed by atoms with Crippen LogP contribution >= 0.6 is 0 Å². The van der Waals surface area contributed by atoms with E-state index in [4.69, 9.17) is 4.74 Å². The summed E-state index contributed by atoms with van der Waals surface area (Å²) in [5.41, 5.74) is 0.286. The monoisotopic (exact) mass is 456 g/mol. The van der Waals surface area contributed by atoms with Crippen molar-refractivity contribution in [3.63, 3.8) is 0 Å². The lowest BCUT2D eigenvalue weighted by molar-refractivity contribution is -0.157. The fourth-order valence-electron chi connectivity index (χ4n) is 6.10. The molecule has 178 valence electrons. The van der Waals surface area contributed by atoms with E-state index < -0.39 is 11.1 Å². The van der Waals surface area contributed by atoms with Gasteiger partial charge in [-0.1, -0.05) is 54.6 Å². The van der Waals surface area contributed by atoms with Gasteiger partial charge in [0.15, 0.2) is 0 Å². The fourth-order valence-corrected chi connectivity index (χ4v) is 6.10. The predicted octanol–water partition coefficient (Wildman–Crippen LogP) is 7.36. The van der Waals surface area contributed by atoms with Crippen molar-refractivity contribution >= 4 is 38.3 Å². The van der Waals surface area contributed by atoms with Crippen LogP contribution in [0.15, 0.2) is 54.6 Å². The van der Waals surface area contributed by atoms with Gasteiger partial charge in [0.1, 0.15) is 6.10 Å². The van der Waals surface area contributed by atoms with Gasteiger partial charge in [0.05, 0.1) is 0 Å². The number of carbonyl (C=O) groups excluding carboxylic acids is 1. The van der Waals surface area contributed by atoms with Crippen molar-refractivity contribution in [1.82, 2.24) is 5.06 Å². The van der Waals surface area contributed by atoms with Crippen LogP contribution in [-0.4, -0.2) is 28.2 Å². The number of hydrogen-bond acceptors (Lipinski definition) is 4. The highest BCUT2D eigenvalue weighted by Crippen LogP contribution is 2.39. The molecule has 1 aliphatic rings. The second-order valence-corrected chi connectivity index (χ2v) is 11.2. The molecule has 0 spiro atoms. The Morgan fingerprint density at radius 3 is 2.15 bits per heavy atom. The third kappa shape index (κ3) is 4.14. The number of aryl methyl sites for hydroxylation is 1. The smallest absolute Gasteiger partial charge is 0.306 e. The van der Waals surface area contributed by atoms with Crippen LogP contribution in [-0.2, 0) is 16.0 Å². The normalized spacial score (nSPS) is 18.7. The number of ether oxygens (including phenoxy) is 1. The first-order chi connectivity index (χ1) is 16.2. The minimum Gasteiger partial charge on any atom is -0.784 e. The van der Waals surface area contributed by atoms with E-state index in [-0.39, 0.29) is 12.1 Å². The largest absolute Gasteiger partial charge is 0.784 e. The van der Waals surface area contributed by atoms with E-state index in [0.717, 1.165) is 19.3 Å². The number of esters is 1. The molecular weight excluding hydrogens is 422 g/mol. The van der Waals surface area contributed by atoms with E-state index in [0.29, 0.717) is 19.3 Å². The predicted molar refractivity (Wildman–Crippen MR) is 140 cm³/mol. The quantitative estimate of drug-likeness (QED) is 0.173. The SMILES string of the molecule is CC1(C)CC(OC(=O)CCCCc2ccc3ccc4cccc5ccc2c3c45)CC(C)(C)N1[O-]. The Morgan fingerprint density at radius 1 is 0.882 bits per heavy atom. The number of hydroxylamine groups is 2. The molecule has 4 aromatic carbocycles. The molecule has 0 N–H and O–H groups in total. The molecule has 1 fully saturated rings. The van der Waals surface area contributed by atoms with E-state index in [1.165, 1.54) is 42.9 Å². The van der Waals surface area contributed by atoms with Gasteiger partial charge in [0.25, 0.3) is 0 Å². The van der Waals surface area contributed by atoms with Crippen LogP contribution in [0.25, 0.3) is 32.3 Å². The van der Waals surface area contributed by atoms with Crippen molar-refractivity contribution in [1.29, 1.82) is 0 Å². The molecule has 34 heavy (non-hydrogen) atoms. The van der Waals surface area contributed by atoms with Crippen LogP contribution in [0.5, 0.6) is 0 Å². The minimum absolute atomic E-state index is 0.147. The zero-order valence-electron chi connectivity index (χ0n) is 20.7. The molecule has 4 nitrogen and oxygen atoms in total. The Balaban J connectivity index is 1.22. The number of carbonyl (C=O) groups is 1. The molecular formula is C30H34NO3-. The number of benzene rings is 4. The van der Waals surface area contributed by atoms with E-state index in [2.05, 4.69) is 54.6 Å². The van der Waals surface area contributed by atoms with Gasteiger partial charge >= 0.3 is 5.97 Å². The Labute approximate surface area is 201 Å². The van der Waals surface area contributed by atoms with Crippen molar-refractivity contribution in [2.45, 2.75) is 83.4 Å². The van der Waals surface area contributed by atoms with Gasteiger partial charge in [-0.3, -0.25) is 4.79 Å². The van der Waals surface area contributed by atoms with Gasteiger partial charge < -0.3 is 15.0 Å². The summed E-state index contributed by atoms with van der Waals surface area (Å²) < 4.78 is 5.81. The lowest BCUT2D eigenvalue weighted by Gasteiger charge is -2.59. The fraction of sp³-hybridized carbons (Fsp3) is 0.433. The molecule has 5 rings (SSSR count). The van der Waals surface area contributed by atoms with Crippen LogP contribution in [0.2, 0.25) is 0 Å². The van der Waals surface area contributed by atoms with Gasteiger partial charge in [0.2, 0.25) is 0 Å². The van der Waals surface area contributed by atoms with Crippen molar-refractivity contribution in [3.8, 4) is 0 Å². The summed E-state index contributed by atoms with van der Waals surface area (Å²) in [5, 5.41) is 21.6. The summed E-state index contributed by atoms with van der Waals surface area (Å²) in [6.45, 7) is 7.72. The molecule has 0 bridgehead atoms. The van der Waals surface area contributed by atoms with Crippen LogP contribution in [0.4, 0.5) is 0 Å². The molecule has 4 heteroatoms. The number of piperidine rings is 1. The van der Waals surface area contributed by atoms with Gasteiger partial charge in [-0.2, -0.15) is 0 Å². The van der Waals surface area contributed by atoms with Crippen LogP contribution in [0.1, 0.15) is 65.4 Å². The maximum Gasteiger partial charge on any atom is 0.306 e. The molecule has 0 radical (unpaired) electrons. The Hall–Kier alpha value is -2.69. The van der Waals surface area contributed by atoms with Crippen LogP contribution in [0, 0.1) is 5.21 Å². The van der Waals surface area contributed by atoms with E-state index >= 15 is 0 Å². The summed E-state index contributed by atoms with van der Waals surface area (Å²) in [4.78, 5) is 12.6. The first-order valence-electron chi connectivity index (χ1n) is 12.5. The number of rotatable bonds is 6. The highest BCUT2D eigenvalue weighted by molar-refractivity contribution is 6.23. The second kappa shape index (κ2) is 8.51. The summed E-state index contributed by atoms with van der Waals surface area (Å²) in [5.74, 6) is -0.147. The van der Waals surface area contributed by atoms with Gasteiger partial charge in [0, 0.05) is 30.3 Å². The molecule has 0 aromatic heterocycles. The molecule has 1 heterocycles. The van der Waals surface area contributed by atoms with Crippen molar-refractivity contribution in [2.24, 2.45) is 0 Å². The molecule has 4 aromatic rings. The van der Waals surface area contributed by atoms with Crippen molar-refractivity contribution < 1.29 is 9.53 Å². The van der Waals surface area contributed by atoms with Crippen LogP contribution < -0.4 is 0 Å². The zero-order valence-corrected chi connectivity index (χ0v) is 20.7. The maximum atomic E-state index is 12.6. The lowest BCUT2D eigenvalue weighted by Crippen LogP contribution is -2.59. The first-order valence-corrected chi connectivity index (χ1v) is 12.5. The molecule has 1 saturated heterocycles. The number of hydrogen-bond donors (Lipinski definition) is 0. The summed E-state index contributed by atoms with van der Waals surface area (Å²) >= 11 is 0. The number of nitrogens with zero attached hydrogens (tertiary/aromatic N) is 1. The highest BCUT2D eigenvalue weighted by atomic mass is 16.5. The van der Waals surface area contributed by atoms with Gasteiger partial charge in [-0.15, -0.1) is 0 Å². The van der Waals surface area contributed by atoms with E-state index in [1.807, 2.05) is 27.7 Å². The van der Waals surface area contributed by atoms with Crippen LogP contribution in [0.3, 0.4) is 0 Å². The van der Waals surface area contributed by atoms with Gasteiger partial charge in [-0.25, -0.2) is 0 Å². The molecule has 1 aliphatic heterocycles. The lowest BCUT2D eigenvalue weighted by atomic mass is 9.80. The second-order valence-electron chi connectivity index (χ2n) is 11.2. The van der Waals surface area contributed by atoms with Crippen molar-refractivity contribution in [3.05, 3.63) is 65.4 Å². The van der Waals surface area contributed by atoms with Crippen molar-refractivity contribution in [2.75, 3.05) is 0 Å². The summed E-state index contributed by atoms with van der Waals surface area (Å²) in [6, 6.07) is 19.8. The third-order valence-electron chi connectivity index (χ3n) is 7.55. The Bertz CT molecular complexity index is 1310. The molecule has 0 saturated carbocycles. The highest BCUT2D eigenvalue weighted by Gasteiger charge is 2.41. The number of unbranched alkanes of at least 4 members (excludes halogenated alkanes) is 1. The summed E-state index contributed by atoms with van der Waals surface area (Å²) in [7, 11) is 0. The molecule has 0 atom stereocenters.